The second kappa shape index (κ2) is 6.08. The second-order valence-electron chi connectivity index (χ2n) is 5.36. The molecule has 0 atom stereocenters. The SMILES string of the molecule is O=C(Nc1cc(C(F)(F)F)ccc1F)c1cc2ccccc2cc1O. The van der Waals surface area contributed by atoms with Gasteiger partial charge in [-0.2, -0.15) is 13.2 Å². The van der Waals surface area contributed by atoms with Crippen LogP contribution >= 0.6 is 0 Å². The molecule has 0 aromatic heterocycles. The molecule has 3 rings (SSSR count). The van der Waals surface area contributed by atoms with Crippen LogP contribution in [0, 0.1) is 5.82 Å². The monoisotopic (exact) mass is 349 g/mol. The number of carbonyl (C=O) groups is 1. The zero-order valence-corrected chi connectivity index (χ0v) is 12.6. The maximum atomic E-state index is 13.7. The minimum Gasteiger partial charge on any atom is -0.507 e. The molecule has 0 radical (unpaired) electrons. The minimum atomic E-state index is -4.67. The number of benzene rings is 3. The van der Waals surface area contributed by atoms with Crippen molar-refractivity contribution in [2.45, 2.75) is 6.18 Å². The molecule has 0 fully saturated rings. The molecule has 3 aromatic rings. The summed E-state index contributed by atoms with van der Waals surface area (Å²) in [5.41, 5.74) is -1.88. The van der Waals surface area contributed by atoms with Crippen molar-refractivity contribution in [1.29, 1.82) is 0 Å². The average molecular weight is 349 g/mol. The first-order valence-corrected chi connectivity index (χ1v) is 7.15. The highest BCUT2D eigenvalue weighted by Gasteiger charge is 2.31. The molecule has 7 heteroatoms. The molecule has 25 heavy (non-hydrogen) atoms. The molecule has 0 heterocycles. The van der Waals surface area contributed by atoms with Crippen LogP contribution in [0.1, 0.15) is 15.9 Å². The zero-order valence-electron chi connectivity index (χ0n) is 12.6. The second-order valence-corrected chi connectivity index (χ2v) is 5.36. The van der Waals surface area contributed by atoms with Gasteiger partial charge in [-0.1, -0.05) is 24.3 Å². The summed E-state index contributed by atoms with van der Waals surface area (Å²) >= 11 is 0. The fourth-order valence-corrected chi connectivity index (χ4v) is 2.40. The summed E-state index contributed by atoms with van der Waals surface area (Å²) in [6.07, 6.45) is -4.67. The standard InChI is InChI=1S/C18H11F4NO2/c19-14-6-5-12(18(20,21)22)9-15(14)23-17(25)13-7-10-3-1-2-4-11(10)8-16(13)24/h1-9,24H,(H,23,25). The number of aromatic hydroxyl groups is 1. The van der Waals surface area contributed by atoms with Crippen molar-refractivity contribution in [1.82, 2.24) is 0 Å². The summed E-state index contributed by atoms with van der Waals surface area (Å²) in [7, 11) is 0. The Bertz CT molecular complexity index is 967. The third kappa shape index (κ3) is 3.40. The van der Waals surface area contributed by atoms with Gasteiger partial charge in [0.05, 0.1) is 16.8 Å². The topological polar surface area (TPSA) is 49.3 Å². The van der Waals surface area contributed by atoms with Crippen molar-refractivity contribution in [3.8, 4) is 5.75 Å². The number of hydrogen-bond donors (Lipinski definition) is 2. The Morgan fingerprint density at radius 1 is 0.960 bits per heavy atom. The van der Waals surface area contributed by atoms with E-state index in [1.165, 1.54) is 12.1 Å². The lowest BCUT2D eigenvalue weighted by atomic mass is 10.1. The number of amides is 1. The van der Waals surface area contributed by atoms with Gasteiger partial charge < -0.3 is 10.4 Å². The molecular weight excluding hydrogens is 338 g/mol. The van der Waals surface area contributed by atoms with Gasteiger partial charge in [0, 0.05) is 0 Å². The number of fused-ring (bicyclic) bond motifs is 1. The predicted molar refractivity (Wildman–Crippen MR) is 85.0 cm³/mol. The number of carbonyl (C=O) groups excluding carboxylic acids is 1. The van der Waals surface area contributed by atoms with Crippen LogP contribution in [0.2, 0.25) is 0 Å². The molecule has 0 saturated heterocycles. The van der Waals surface area contributed by atoms with Crippen molar-refractivity contribution in [2.24, 2.45) is 0 Å². The van der Waals surface area contributed by atoms with Crippen LogP contribution in [0.4, 0.5) is 23.2 Å². The molecule has 3 aromatic carbocycles. The fourth-order valence-electron chi connectivity index (χ4n) is 2.40. The highest BCUT2D eigenvalue weighted by Crippen LogP contribution is 2.32. The Kier molecular flexibility index (Phi) is 4.08. The van der Waals surface area contributed by atoms with Gasteiger partial charge in [-0.3, -0.25) is 4.79 Å². The van der Waals surface area contributed by atoms with E-state index in [9.17, 15) is 27.5 Å². The number of phenolic OH excluding ortho intramolecular Hbond substituents is 1. The molecule has 2 N–H and O–H groups in total. The Labute approximate surface area is 139 Å². The first-order valence-electron chi connectivity index (χ1n) is 7.15. The quantitative estimate of drug-likeness (QED) is 0.643. The molecule has 0 bridgehead atoms. The van der Waals surface area contributed by atoms with E-state index in [4.69, 9.17) is 0 Å². The zero-order chi connectivity index (χ0) is 18.2. The van der Waals surface area contributed by atoms with Gasteiger partial charge in [-0.15, -0.1) is 0 Å². The van der Waals surface area contributed by atoms with Crippen molar-refractivity contribution in [3.05, 3.63) is 71.5 Å². The molecular formula is C18H11F4NO2. The largest absolute Gasteiger partial charge is 0.507 e. The van der Waals surface area contributed by atoms with Gasteiger partial charge in [0.1, 0.15) is 11.6 Å². The number of nitrogens with one attached hydrogen (secondary N) is 1. The Morgan fingerprint density at radius 2 is 1.60 bits per heavy atom. The number of rotatable bonds is 2. The van der Waals surface area contributed by atoms with Crippen molar-refractivity contribution in [2.75, 3.05) is 5.32 Å². The predicted octanol–water partition coefficient (Wildman–Crippen LogP) is 4.96. The molecule has 0 aliphatic heterocycles. The van der Waals surface area contributed by atoms with Gasteiger partial charge in [-0.05, 0) is 41.1 Å². The van der Waals surface area contributed by atoms with E-state index in [-0.39, 0.29) is 11.3 Å². The van der Waals surface area contributed by atoms with Crippen molar-refractivity contribution < 1.29 is 27.5 Å². The summed E-state index contributed by atoms with van der Waals surface area (Å²) in [6.45, 7) is 0. The van der Waals surface area contributed by atoms with Crippen LogP contribution in [0.5, 0.6) is 5.75 Å². The van der Waals surface area contributed by atoms with Crippen molar-refractivity contribution >= 4 is 22.4 Å². The maximum Gasteiger partial charge on any atom is 0.416 e. The maximum absolute atomic E-state index is 13.7. The first kappa shape index (κ1) is 16.8. The summed E-state index contributed by atoms with van der Waals surface area (Å²) in [5, 5.41) is 13.4. The van der Waals surface area contributed by atoms with E-state index in [1.54, 1.807) is 24.3 Å². The van der Waals surface area contributed by atoms with Crippen LogP contribution < -0.4 is 5.32 Å². The Morgan fingerprint density at radius 3 is 2.24 bits per heavy atom. The van der Waals surface area contributed by atoms with Crippen LogP contribution in [0.25, 0.3) is 10.8 Å². The first-order chi connectivity index (χ1) is 11.8. The van der Waals surface area contributed by atoms with Gasteiger partial charge in [0.15, 0.2) is 0 Å². The molecule has 0 aliphatic rings. The Hall–Kier alpha value is -3.09. The number of hydrogen-bond acceptors (Lipinski definition) is 2. The molecule has 0 unspecified atom stereocenters. The van der Waals surface area contributed by atoms with Gasteiger partial charge in [0.25, 0.3) is 5.91 Å². The highest BCUT2D eigenvalue weighted by molar-refractivity contribution is 6.08. The van der Waals surface area contributed by atoms with Gasteiger partial charge in [-0.25, -0.2) is 4.39 Å². The van der Waals surface area contributed by atoms with Crippen LogP contribution in [-0.2, 0) is 6.18 Å². The van der Waals surface area contributed by atoms with E-state index < -0.39 is 29.2 Å². The van der Waals surface area contributed by atoms with Gasteiger partial charge in [0.2, 0.25) is 0 Å². The van der Waals surface area contributed by atoms with E-state index in [0.717, 1.165) is 0 Å². The van der Waals surface area contributed by atoms with Gasteiger partial charge >= 0.3 is 6.18 Å². The lowest BCUT2D eigenvalue weighted by Crippen LogP contribution is -2.14. The lowest BCUT2D eigenvalue weighted by Gasteiger charge is -2.12. The van der Waals surface area contributed by atoms with Crippen LogP contribution in [-0.4, -0.2) is 11.0 Å². The molecule has 0 aliphatic carbocycles. The van der Waals surface area contributed by atoms with E-state index in [1.807, 2.05) is 0 Å². The molecule has 3 nitrogen and oxygen atoms in total. The molecule has 0 spiro atoms. The number of phenols is 1. The smallest absolute Gasteiger partial charge is 0.416 e. The number of halogens is 4. The fraction of sp³-hybridized carbons (Fsp3) is 0.0556. The summed E-state index contributed by atoms with van der Waals surface area (Å²) < 4.78 is 51.9. The number of anilines is 1. The van der Waals surface area contributed by atoms with Crippen LogP contribution in [0.3, 0.4) is 0 Å². The van der Waals surface area contributed by atoms with Crippen molar-refractivity contribution in [3.63, 3.8) is 0 Å². The summed E-state index contributed by atoms with van der Waals surface area (Å²) in [6, 6.07) is 11.4. The average Bonchev–Trinajstić information content (AvgIpc) is 2.55. The minimum absolute atomic E-state index is 0.171. The normalized spacial score (nSPS) is 11.5. The number of alkyl halides is 3. The van der Waals surface area contributed by atoms with E-state index in [2.05, 4.69) is 5.32 Å². The van der Waals surface area contributed by atoms with E-state index >= 15 is 0 Å². The summed E-state index contributed by atoms with van der Waals surface area (Å²) in [4.78, 5) is 12.3. The third-order valence-corrected chi connectivity index (χ3v) is 3.65. The third-order valence-electron chi connectivity index (χ3n) is 3.65. The lowest BCUT2D eigenvalue weighted by molar-refractivity contribution is -0.137. The summed E-state index contributed by atoms with van der Waals surface area (Å²) in [5.74, 6) is -2.29. The highest BCUT2D eigenvalue weighted by atomic mass is 19.4. The molecule has 0 saturated carbocycles. The molecule has 128 valence electrons. The Balaban J connectivity index is 1.96. The molecule has 1 amide bonds. The van der Waals surface area contributed by atoms with Crippen LogP contribution in [0.15, 0.2) is 54.6 Å². The van der Waals surface area contributed by atoms with E-state index in [0.29, 0.717) is 29.0 Å².